The third-order valence-corrected chi connectivity index (χ3v) is 4.07. The lowest BCUT2D eigenvalue weighted by atomic mass is 10.0. The van der Waals surface area contributed by atoms with E-state index in [-0.39, 0.29) is 17.5 Å². The fourth-order valence-electron chi connectivity index (χ4n) is 2.95. The fraction of sp³-hybridized carbons (Fsp3) is 0.312. The van der Waals surface area contributed by atoms with E-state index in [9.17, 15) is 14.7 Å². The fourth-order valence-corrected chi connectivity index (χ4v) is 2.95. The number of carbonyl (C=O) groups excluding carboxylic acids is 1. The second kappa shape index (κ2) is 6.12. The molecule has 0 aromatic carbocycles. The van der Waals surface area contributed by atoms with Crippen molar-refractivity contribution in [1.82, 2.24) is 14.9 Å². The number of piperidine rings is 1. The monoisotopic (exact) mass is 314 g/mol. The molecule has 3 N–H and O–H groups in total. The summed E-state index contributed by atoms with van der Waals surface area (Å²) in [5.41, 5.74) is 1.30. The molecule has 0 saturated carbocycles. The first-order valence-electron chi connectivity index (χ1n) is 7.47. The number of carbonyl (C=O) groups is 2. The number of aromatic nitrogens is 2. The number of pyridine rings is 1. The van der Waals surface area contributed by atoms with Crippen LogP contribution in [-0.4, -0.2) is 51.0 Å². The molecule has 2 aromatic heterocycles. The van der Waals surface area contributed by atoms with E-state index in [1.807, 2.05) is 0 Å². The highest BCUT2D eigenvalue weighted by molar-refractivity contribution is 6.03. The highest BCUT2D eigenvalue weighted by Crippen LogP contribution is 2.27. The number of likely N-dealkylation sites (tertiary alicyclic amines) is 1. The van der Waals surface area contributed by atoms with Crippen molar-refractivity contribution in [2.75, 3.05) is 18.4 Å². The van der Waals surface area contributed by atoms with Gasteiger partial charge in [-0.3, -0.25) is 4.79 Å². The average Bonchev–Trinajstić information content (AvgIpc) is 3.03. The van der Waals surface area contributed by atoms with Crippen LogP contribution in [0.2, 0.25) is 0 Å². The first-order chi connectivity index (χ1) is 11.1. The maximum Gasteiger partial charge on any atom is 0.339 e. The third kappa shape index (κ3) is 2.90. The predicted octanol–water partition coefficient (Wildman–Crippen LogP) is 1.85. The van der Waals surface area contributed by atoms with Crippen molar-refractivity contribution in [3.05, 3.63) is 36.7 Å². The standard InChI is InChI=1S/C16H18N4O3/c1-2-13(21)20-7-3-4-10(9-20)19-14-11-5-6-17-15(11)18-8-12(14)16(22)23/h2,5-6,8,10H,1,3-4,7,9H2,(H,22,23)(H2,17,18,19). The zero-order chi connectivity index (χ0) is 16.4. The molecule has 1 aliphatic heterocycles. The van der Waals surface area contributed by atoms with Crippen molar-refractivity contribution >= 4 is 28.6 Å². The minimum absolute atomic E-state index is 0.00810. The van der Waals surface area contributed by atoms with Crippen molar-refractivity contribution in [3.63, 3.8) is 0 Å². The molecule has 7 nitrogen and oxygen atoms in total. The Hall–Kier alpha value is -2.83. The zero-order valence-corrected chi connectivity index (χ0v) is 12.6. The smallest absolute Gasteiger partial charge is 0.339 e. The zero-order valence-electron chi connectivity index (χ0n) is 12.6. The van der Waals surface area contributed by atoms with Crippen LogP contribution in [0, 0.1) is 0 Å². The van der Waals surface area contributed by atoms with Crippen LogP contribution in [0.1, 0.15) is 23.2 Å². The Morgan fingerprint density at radius 2 is 2.35 bits per heavy atom. The molecule has 1 saturated heterocycles. The summed E-state index contributed by atoms with van der Waals surface area (Å²) < 4.78 is 0. The molecular formula is C16H18N4O3. The van der Waals surface area contributed by atoms with E-state index in [0.717, 1.165) is 18.2 Å². The predicted molar refractivity (Wildman–Crippen MR) is 86.5 cm³/mol. The first-order valence-corrected chi connectivity index (χ1v) is 7.47. The second-order valence-electron chi connectivity index (χ2n) is 5.56. The van der Waals surface area contributed by atoms with Crippen molar-refractivity contribution < 1.29 is 14.7 Å². The number of carboxylic acid groups (broad SMARTS) is 1. The quantitative estimate of drug-likeness (QED) is 0.748. The molecular weight excluding hydrogens is 296 g/mol. The van der Waals surface area contributed by atoms with Gasteiger partial charge in [0.25, 0.3) is 0 Å². The number of hydrogen-bond acceptors (Lipinski definition) is 4. The second-order valence-corrected chi connectivity index (χ2v) is 5.56. The molecule has 1 aliphatic rings. The normalized spacial score (nSPS) is 17.9. The lowest BCUT2D eigenvalue weighted by Crippen LogP contribution is -2.44. The molecule has 1 amide bonds. The molecule has 7 heteroatoms. The van der Waals surface area contributed by atoms with Gasteiger partial charge >= 0.3 is 5.97 Å². The van der Waals surface area contributed by atoms with Gasteiger partial charge in [-0.15, -0.1) is 0 Å². The number of H-pyrrole nitrogens is 1. The van der Waals surface area contributed by atoms with Crippen molar-refractivity contribution in [2.24, 2.45) is 0 Å². The Bertz CT molecular complexity index is 768. The third-order valence-electron chi connectivity index (χ3n) is 4.07. The maximum atomic E-state index is 11.8. The maximum absolute atomic E-state index is 11.8. The van der Waals surface area contributed by atoms with Crippen LogP contribution in [0.3, 0.4) is 0 Å². The number of rotatable bonds is 4. The van der Waals surface area contributed by atoms with E-state index < -0.39 is 5.97 Å². The van der Waals surface area contributed by atoms with E-state index in [0.29, 0.717) is 24.4 Å². The summed E-state index contributed by atoms with van der Waals surface area (Å²) in [6.07, 6.45) is 6.11. The van der Waals surface area contributed by atoms with Crippen molar-refractivity contribution in [3.8, 4) is 0 Å². The number of hydrogen-bond donors (Lipinski definition) is 3. The van der Waals surface area contributed by atoms with Crippen LogP contribution in [0.25, 0.3) is 11.0 Å². The average molecular weight is 314 g/mol. The van der Waals surface area contributed by atoms with Gasteiger partial charge in [-0.1, -0.05) is 6.58 Å². The van der Waals surface area contributed by atoms with Gasteiger partial charge in [0.2, 0.25) is 5.91 Å². The summed E-state index contributed by atoms with van der Waals surface area (Å²) in [7, 11) is 0. The Morgan fingerprint density at radius 1 is 1.52 bits per heavy atom. The summed E-state index contributed by atoms with van der Waals surface area (Å²) in [5.74, 6) is -1.13. The largest absolute Gasteiger partial charge is 0.478 e. The van der Waals surface area contributed by atoms with E-state index in [2.05, 4.69) is 21.9 Å². The Labute approximate surface area is 133 Å². The summed E-state index contributed by atoms with van der Waals surface area (Å²) in [5, 5.41) is 13.4. The highest BCUT2D eigenvalue weighted by atomic mass is 16.4. The number of carboxylic acids is 1. The molecule has 1 fully saturated rings. The molecule has 3 rings (SSSR count). The number of aromatic amines is 1. The van der Waals surface area contributed by atoms with Crippen molar-refractivity contribution in [1.29, 1.82) is 0 Å². The molecule has 0 aliphatic carbocycles. The molecule has 1 atom stereocenters. The number of nitrogens with zero attached hydrogens (tertiary/aromatic N) is 2. The van der Waals surface area contributed by atoms with Gasteiger partial charge in [-0.2, -0.15) is 0 Å². The topological polar surface area (TPSA) is 98.3 Å². The molecule has 1 unspecified atom stereocenters. The number of nitrogens with one attached hydrogen (secondary N) is 2. The SMILES string of the molecule is C=CC(=O)N1CCCC(Nc2c(C(=O)O)cnc3[nH]ccc23)C1. The van der Waals surface area contributed by atoms with E-state index in [4.69, 9.17) is 0 Å². The molecule has 0 bridgehead atoms. The highest BCUT2D eigenvalue weighted by Gasteiger charge is 2.24. The van der Waals surface area contributed by atoms with Crippen LogP contribution in [0.15, 0.2) is 31.1 Å². The summed E-state index contributed by atoms with van der Waals surface area (Å²) in [4.78, 5) is 32.1. The van der Waals surface area contributed by atoms with Gasteiger partial charge in [-0.25, -0.2) is 9.78 Å². The Kier molecular flexibility index (Phi) is 4.01. The van der Waals surface area contributed by atoms with Gasteiger partial charge < -0.3 is 20.3 Å². The van der Waals surface area contributed by atoms with Gasteiger partial charge in [0, 0.05) is 36.9 Å². The summed E-state index contributed by atoms with van der Waals surface area (Å²) in [6, 6.07) is 1.79. The van der Waals surface area contributed by atoms with Gasteiger partial charge in [0.1, 0.15) is 11.2 Å². The van der Waals surface area contributed by atoms with Crippen molar-refractivity contribution in [2.45, 2.75) is 18.9 Å². The molecule has 3 heterocycles. The van der Waals surface area contributed by atoms with E-state index >= 15 is 0 Å². The van der Waals surface area contributed by atoms with Crippen LogP contribution >= 0.6 is 0 Å². The number of amides is 1. The minimum atomic E-state index is -1.03. The van der Waals surface area contributed by atoms with Crippen LogP contribution in [-0.2, 0) is 4.79 Å². The van der Waals surface area contributed by atoms with Gasteiger partial charge in [-0.05, 0) is 25.0 Å². The lowest BCUT2D eigenvalue weighted by Gasteiger charge is -2.33. The molecule has 0 radical (unpaired) electrons. The molecule has 2 aromatic rings. The van der Waals surface area contributed by atoms with Crippen LogP contribution < -0.4 is 5.32 Å². The Balaban J connectivity index is 1.89. The minimum Gasteiger partial charge on any atom is -0.478 e. The molecule has 23 heavy (non-hydrogen) atoms. The first kappa shape index (κ1) is 15.1. The van der Waals surface area contributed by atoms with Gasteiger partial charge in [0.15, 0.2) is 0 Å². The number of aromatic carboxylic acids is 1. The summed E-state index contributed by atoms with van der Waals surface area (Å²) in [6.45, 7) is 4.74. The number of fused-ring (bicyclic) bond motifs is 1. The molecule has 120 valence electrons. The molecule has 0 spiro atoms. The Morgan fingerprint density at radius 3 is 3.09 bits per heavy atom. The summed E-state index contributed by atoms with van der Waals surface area (Å²) >= 11 is 0. The van der Waals surface area contributed by atoms with Crippen LogP contribution in [0.4, 0.5) is 5.69 Å². The van der Waals surface area contributed by atoms with Crippen LogP contribution in [0.5, 0.6) is 0 Å². The van der Waals surface area contributed by atoms with E-state index in [1.54, 1.807) is 17.2 Å². The van der Waals surface area contributed by atoms with E-state index in [1.165, 1.54) is 12.3 Å². The lowest BCUT2D eigenvalue weighted by molar-refractivity contribution is -0.127. The number of anilines is 1. The van der Waals surface area contributed by atoms with Gasteiger partial charge in [0.05, 0.1) is 5.69 Å².